The van der Waals surface area contributed by atoms with Crippen LogP contribution in [0.4, 0.5) is 5.69 Å². The van der Waals surface area contributed by atoms with E-state index in [2.05, 4.69) is 10.5 Å². The lowest BCUT2D eigenvalue weighted by atomic mass is 10.2. The third kappa shape index (κ3) is 6.91. The van der Waals surface area contributed by atoms with Gasteiger partial charge in [-0.1, -0.05) is 23.7 Å². The van der Waals surface area contributed by atoms with Crippen molar-refractivity contribution in [1.82, 2.24) is 5.43 Å². The number of nitrogens with zero attached hydrogens (tertiary/aromatic N) is 2. The fourth-order valence-electron chi connectivity index (χ4n) is 2.71. The molecule has 3 aromatic rings. The first-order chi connectivity index (χ1) is 16.7. The predicted molar refractivity (Wildman–Crippen MR) is 127 cm³/mol. The van der Waals surface area contributed by atoms with Crippen LogP contribution in [0, 0.1) is 10.1 Å². The summed E-state index contributed by atoms with van der Waals surface area (Å²) in [6.45, 7) is -0.279. The molecule has 0 aliphatic rings. The van der Waals surface area contributed by atoms with Gasteiger partial charge in [0.1, 0.15) is 5.75 Å². The highest BCUT2D eigenvalue weighted by Crippen LogP contribution is 2.32. The van der Waals surface area contributed by atoms with Crippen LogP contribution in [0.5, 0.6) is 17.2 Å². The van der Waals surface area contributed by atoms with Gasteiger partial charge in [-0.15, -0.1) is 0 Å². The van der Waals surface area contributed by atoms with E-state index in [1.165, 1.54) is 43.7 Å². The number of ether oxygens (including phenoxy) is 2. The number of hydrogen-bond donors (Lipinski definition) is 1. The van der Waals surface area contributed by atoms with Gasteiger partial charge in [0.05, 0.1) is 18.2 Å². The summed E-state index contributed by atoms with van der Waals surface area (Å²) < 4.78 is 40.8. The first kappa shape index (κ1) is 25.5. The monoisotopic (exact) mass is 519 g/mol. The van der Waals surface area contributed by atoms with E-state index < -0.39 is 31.5 Å². The van der Waals surface area contributed by atoms with Crippen LogP contribution in [0.25, 0.3) is 0 Å². The average molecular weight is 520 g/mol. The number of benzene rings is 3. The standard InChI is InChI=1S/C22H18ClN3O8S/c1-32-20-12-15(13-24-25-22(27)14-33-17-9-7-16(23)8-10-17)6-11-19(20)34-35(30,31)21-5-3-2-4-18(21)26(28)29/h2-13H,14H2,1H3,(H,25,27)/b24-13-. The molecule has 0 unspecified atom stereocenters. The van der Waals surface area contributed by atoms with E-state index in [0.717, 1.165) is 12.1 Å². The molecule has 0 fully saturated rings. The minimum Gasteiger partial charge on any atom is -0.493 e. The van der Waals surface area contributed by atoms with Gasteiger partial charge in [-0.2, -0.15) is 13.5 Å². The van der Waals surface area contributed by atoms with Crippen LogP contribution >= 0.6 is 11.6 Å². The van der Waals surface area contributed by atoms with Gasteiger partial charge in [0.15, 0.2) is 23.0 Å². The number of nitro groups is 1. The molecule has 3 rings (SSSR count). The van der Waals surface area contributed by atoms with Gasteiger partial charge in [0.25, 0.3) is 11.6 Å². The quantitative estimate of drug-likeness (QED) is 0.185. The molecule has 11 nitrogen and oxygen atoms in total. The minimum absolute atomic E-state index is 0.0218. The SMILES string of the molecule is COc1cc(/C=N\NC(=O)COc2ccc(Cl)cc2)ccc1OS(=O)(=O)c1ccccc1[N+](=O)[O-]. The van der Waals surface area contributed by atoms with E-state index >= 15 is 0 Å². The van der Waals surface area contributed by atoms with Gasteiger partial charge in [0.2, 0.25) is 0 Å². The summed E-state index contributed by atoms with van der Waals surface area (Å²) in [5, 5.41) is 15.5. The summed E-state index contributed by atoms with van der Waals surface area (Å²) in [6.07, 6.45) is 1.29. The molecule has 0 aromatic heterocycles. The summed E-state index contributed by atoms with van der Waals surface area (Å²) in [5.41, 5.74) is 2.11. The molecule has 0 atom stereocenters. The lowest BCUT2D eigenvalue weighted by Gasteiger charge is -2.11. The van der Waals surface area contributed by atoms with Gasteiger partial charge in [-0.25, -0.2) is 5.43 Å². The van der Waals surface area contributed by atoms with Crippen molar-refractivity contribution >= 4 is 39.5 Å². The lowest BCUT2D eigenvalue weighted by molar-refractivity contribution is -0.387. The number of halogens is 1. The van der Waals surface area contributed by atoms with Crippen LogP contribution in [0.3, 0.4) is 0 Å². The number of rotatable bonds is 10. The van der Waals surface area contributed by atoms with E-state index in [0.29, 0.717) is 16.3 Å². The maximum atomic E-state index is 12.6. The average Bonchev–Trinajstić information content (AvgIpc) is 2.84. The zero-order valence-electron chi connectivity index (χ0n) is 18.1. The summed E-state index contributed by atoms with van der Waals surface area (Å²) in [4.78, 5) is 21.6. The fraction of sp³-hybridized carbons (Fsp3) is 0.0909. The maximum Gasteiger partial charge on any atom is 0.346 e. The molecule has 0 bridgehead atoms. The highest BCUT2D eigenvalue weighted by Gasteiger charge is 2.28. The number of carbonyl (C=O) groups excluding carboxylic acids is 1. The van der Waals surface area contributed by atoms with Gasteiger partial charge in [-0.3, -0.25) is 14.9 Å². The van der Waals surface area contributed by atoms with Crippen molar-refractivity contribution in [2.75, 3.05) is 13.7 Å². The molecule has 0 saturated carbocycles. The summed E-state index contributed by atoms with van der Waals surface area (Å²) >= 11 is 5.78. The van der Waals surface area contributed by atoms with E-state index in [-0.39, 0.29) is 18.1 Å². The van der Waals surface area contributed by atoms with Gasteiger partial charge >= 0.3 is 10.1 Å². The first-order valence-corrected chi connectivity index (χ1v) is 11.5. The molecule has 3 aromatic carbocycles. The Morgan fingerprint density at radius 1 is 1.11 bits per heavy atom. The van der Waals surface area contributed by atoms with Crippen LogP contribution in [0.15, 0.2) is 76.7 Å². The summed E-state index contributed by atoms with van der Waals surface area (Å²) in [6, 6.07) is 15.4. The van der Waals surface area contributed by atoms with Crippen LogP contribution < -0.4 is 19.1 Å². The predicted octanol–water partition coefficient (Wildman–Crippen LogP) is 3.55. The Kier molecular flexibility index (Phi) is 8.23. The normalized spacial score (nSPS) is 11.1. The summed E-state index contributed by atoms with van der Waals surface area (Å²) in [5.74, 6) is -0.222. The molecule has 0 spiro atoms. The Bertz CT molecular complexity index is 1360. The maximum absolute atomic E-state index is 12.6. The molecule has 1 N–H and O–H groups in total. The van der Waals surface area contributed by atoms with Gasteiger partial charge in [0, 0.05) is 11.1 Å². The molecule has 0 saturated heterocycles. The van der Waals surface area contributed by atoms with Crippen molar-refractivity contribution in [3.8, 4) is 17.2 Å². The Balaban J connectivity index is 1.66. The zero-order chi connectivity index (χ0) is 25.4. The molecular weight excluding hydrogens is 502 g/mol. The number of para-hydroxylation sites is 1. The Labute approximate surface area is 205 Å². The molecule has 35 heavy (non-hydrogen) atoms. The molecule has 0 aliphatic carbocycles. The lowest BCUT2D eigenvalue weighted by Crippen LogP contribution is -2.24. The van der Waals surface area contributed by atoms with Gasteiger partial charge < -0.3 is 13.7 Å². The number of hydrazone groups is 1. The van der Waals surface area contributed by atoms with E-state index in [4.69, 9.17) is 25.3 Å². The van der Waals surface area contributed by atoms with Crippen molar-refractivity contribution in [3.05, 3.63) is 87.4 Å². The minimum atomic E-state index is -4.53. The highest BCUT2D eigenvalue weighted by atomic mass is 35.5. The summed E-state index contributed by atoms with van der Waals surface area (Å²) in [7, 11) is -3.24. The van der Waals surface area contributed by atoms with E-state index in [9.17, 15) is 23.3 Å². The number of carbonyl (C=O) groups is 1. The first-order valence-electron chi connectivity index (χ1n) is 9.76. The van der Waals surface area contributed by atoms with Crippen LogP contribution in [-0.4, -0.2) is 39.2 Å². The zero-order valence-corrected chi connectivity index (χ0v) is 19.7. The molecule has 0 heterocycles. The second-order valence-electron chi connectivity index (χ2n) is 6.71. The Morgan fingerprint density at radius 3 is 2.51 bits per heavy atom. The molecule has 182 valence electrons. The van der Waals surface area contributed by atoms with Crippen LogP contribution in [0.1, 0.15) is 5.56 Å². The van der Waals surface area contributed by atoms with Crippen molar-refractivity contribution in [2.24, 2.45) is 5.10 Å². The molecule has 1 amide bonds. The van der Waals surface area contributed by atoms with E-state index in [1.54, 1.807) is 24.3 Å². The number of nitro benzene ring substituents is 1. The fourth-order valence-corrected chi connectivity index (χ4v) is 3.94. The Hall–Kier alpha value is -4.16. The second-order valence-corrected chi connectivity index (χ2v) is 8.66. The van der Waals surface area contributed by atoms with E-state index in [1.807, 2.05) is 0 Å². The topological polar surface area (TPSA) is 146 Å². The van der Waals surface area contributed by atoms with Crippen molar-refractivity contribution in [2.45, 2.75) is 4.90 Å². The number of amides is 1. The molecule has 0 aliphatic heterocycles. The molecular formula is C22H18ClN3O8S. The second kappa shape index (κ2) is 11.3. The number of nitrogens with one attached hydrogen (secondary N) is 1. The van der Waals surface area contributed by atoms with Crippen molar-refractivity contribution in [3.63, 3.8) is 0 Å². The largest absolute Gasteiger partial charge is 0.493 e. The highest BCUT2D eigenvalue weighted by molar-refractivity contribution is 7.87. The van der Waals surface area contributed by atoms with Crippen LogP contribution in [0.2, 0.25) is 5.02 Å². The van der Waals surface area contributed by atoms with Crippen molar-refractivity contribution in [1.29, 1.82) is 0 Å². The third-order valence-electron chi connectivity index (χ3n) is 4.30. The molecule has 13 heteroatoms. The van der Waals surface area contributed by atoms with Crippen LogP contribution in [-0.2, 0) is 14.9 Å². The number of methoxy groups -OCH3 is 1. The van der Waals surface area contributed by atoms with Gasteiger partial charge in [-0.05, 0) is 54.1 Å². The molecule has 0 radical (unpaired) electrons. The smallest absolute Gasteiger partial charge is 0.346 e. The third-order valence-corrected chi connectivity index (χ3v) is 5.84. The van der Waals surface area contributed by atoms with Crippen molar-refractivity contribution < 1.29 is 31.8 Å². The number of hydrogen-bond acceptors (Lipinski definition) is 9. The Morgan fingerprint density at radius 2 is 1.83 bits per heavy atom.